The van der Waals surface area contributed by atoms with Crippen LogP contribution in [0.3, 0.4) is 0 Å². The maximum Gasteiger partial charge on any atom is 0.226 e. The van der Waals surface area contributed by atoms with Gasteiger partial charge in [0.05, 0.1) is 5.92 Å². The van der Waals surface area contributed by atoms with Crippen molar-refractivity contribution < 1.29 is 4.79 Å². The second-order valence-electron chi connectivity index (χ2n) is 4.73. The van der Waals surface area contributed by atoms with Gasteiger partial charge in [-0.25, -0.2) is 9.97 Å². The van der Waals surface area contributed by atoms with Crippen molar-refractivity contribution in [2.24, 2.45) is 5.92 Å². The van der Waals surface area contributed by atoms with Crippen molar-refractivity contribution in [1.29, 1.82) is 5.26 Å². The Kier molecular flexibility index (Phi) is 2.59. The van der Waals surface area contributed by atoms with Crippen LogP contribution in [0.15, 0.2) is 12.4 Å². The second-order valence-corrected chi connectivity index (χ2v) is 4.73. The molecule has 1 aliphatic carbocycles. The van der Waals surface area contributed by atoms with Crippen molar-refractivity contribution >= 4 is 11.7 Å². The minimum atomic E-state index is 0.0131. The summed E-state index contributed by atoms with van der Waals surface area (Å²) in [6.07, 6.45) is 5.27. The van der Waals surface area contributed by atoms with Gasteiger partial charge in [-0.05, 0) is 12.8 Å². The van der Waals surface area contributed by atoms with E-state index in [4.69, 9.17) is 5.26 Å². The van der Waals surface area contributed by atoms with Crippen LogP contribution in [0.4, 0.5) is 5.82 Å². The lowest BCUT2D eigenvalue weighted by atomic mass is 9.99. The molecule has 0 aromatic carbocycles. The highest BCUT2D eigenvalue weighted by atomic mass is 16.2. The van der Waals surface area contributed by atoms with Gasteiger partial charge in [0.1, 0.15) is 6.07 Å². The Morgan fingerprint density at radius 3 is 2.78 bits per heavy atom. The minimum absolute atomic E-state index is 0.0131. The number of aromatic nitrogens is 2. The average Bonchev–Trinajstić information content (AvgIpc) is 3.11. The zero-order valence-corrected chi connectivity index (χ0v) is 9.83. The number of carbonyl (C=O) groups is 1. The number of carbonyl (C=O) groups excluding carboxylic acids is 1. The SMILES string of the molecule is N#Cc1nccnc1N1CC(C(=O)NC2CC2)C1. The lowest BCUT2D eigenvalue weighted by Crippen LogP contribution is -2.54. The monoisotopic (exact) mass is 243 g/mol. The summed E-state index contributed by atoms with van der Waals surface area (Å²) in [7, 11) is 0. The number of rotatable bonds is 3. The molecule has 2 heterocycles. The van der Waals surface area contributed by atoms with Gasteiger partial charge in [0.2, 0.25) is 5.91 Å². The average molecular weight is 243 g/mol. The van der Waals surface area contributed by atoms with Gasteiger partial charge >= 0.3 is 0 Å². The molecule has 1 saturated carbocycles. The van der Waals surface area contributed by atoms with Gasteiger partial charge in [-0.1, -0.05) is 0 Å². The molecular weight excluding hydrogens is 230 g/mol. The summed E-state index contributed by atoms with van der Waals surface area (Å²) in [5.74, 6) is 0.714. The Morgan fingerprint density at radius 2 is 2.11 bits per heavy atom. The van der Waals surface area contributed by atoms with E-state index in [9.17, 15) is 4.79 Å². The molecule has 0 atom stereocenters. The fraction of sp³-hybridized carbons (Fsp3) is 0.500. The number of nitrogens with zero attached hydrogens (tertiary/aromatic N) is 4. The Morgan fingerprint density at radius 1 is 1.39 bits per heavy atom. The molecule has 1 saturated heterocycles. The van der Waals surface area contributed by atoms with E-state index in [1.165, 1.54) is 6.20 Å². The van der Waals surface area contributed by atoms with E-state index in [-0.39, 0.29) is 11.8 Å². The molecule has 0 bridgehead atoms. The Hall–Kier alpha value is -2.16. The van der Waals surface area contributed by atoms with Gasteiger partial charge in [-0.2, -0.15) is 5.26 Å². The highest BCUT2D eigenvalue weighted by Gasteiger charge is 2.36. The molecule has 0 unspecified atom stereocenters. The van der Waals surface area contributed by atoms with Crippen LogP contribution in [-0.4, -0.2) is 35.0 Å². The van der Waals surface area contributed by atoms with Crippen molar-refractivity contribution in [2.45, 2.75) is 18.9 Å². The lowest BCUT2D eigenvalue weighted by molar-refractivity contribution is -0.125. The molecule has 1 N–H and O–H groups in total. The molecular formula is C12H13N5O. The molecule has 1 aliphatic heterocycles. The van der Waals surface area contributed by atoms with Gasteiger partial charge in [0.15, 0.2) is 11.5 Å². The summed E-state index contributed by atoms with van der Waals surface area (Å²) < 4.78 is 0. The van der Waals surface area contributed by atoms with Crippen molar-refractivity contribution in [3.05, 3.63) is 18.1 Å². The lowest BCUT2D eigenvalue weighted by Gasteiger charge is -2.39. The highest BCUT2D eigenvalue weighted by Crippen LogP contribution is 2.26. The predicted octanol–water partition coefficient (Wildman–Crippen LogP) is 0.0631. The third-order valence-corrected chi connectivity index (χ3v) is 3.26. The normalized spacial score (nSPS) is 18.9. The van der Waals surface area contributed by atoms with Gasteiger partial charge in [0, 0.05) is 31.5 Å². The maximum atomic E-state index is 11.8. The fourth-order valence-electron chi connectivity index (χ4n) is 2.01. The first-order chi connectivity index (χ1) is 8.78. The Balaban J connectivity index is 1.61. The van der Waals surface area contributed by atoms with Crippen molar-refractivity contribution in [3.63, 3.8) is 0 Å². The van der Waals surface area contributed by atoms with E-state index in [0.29, 0.717) is 30.6 Å². The predicted molar refractivity (Wildman–Crippen MR) is 63.6 cm³/mol. The summed E-state index contributed by atoms with van der Waals surface area (Å²) in [4.78, 5) is 21.8. The standard InChI is InChI=1S/C12H13N5O/c13-5-10-11(15-4-3-14-10)17-6-8(7-17)12(18)16-9-1-2-9/h3-4,8-9H,1-2,6-7H2,(H,16,18). The first-order valence-corrected chi connectivity index (χ1v) is 6.04. The molecule has 2 fully saturated rings. The van der Waals surface area contributed by atoms with E-state index in [1.807, 2.05) is 11.0 Å². The zero-order chi connectivity index (χ0) is 12.5. The first-order valence-electron chi connectivity index (χ1n) is 6.04. The van der Waals surface area contributed by atoms with Gasteiger partial charge in [-0.15, -0.1) is 0 Å². The summed E-state index contributed by atoms with van der Waals surface area (Å²) in [6.45, 7) is 1.23. The molecule has 3 rings (SSSR count). The zero-order valence-electron chi connectivity index (χ0n) is 9.83. The van der Waals surface area contributed by atoms with Crippen LogP contribution in [0.5, 0.6) is 0 Å². The van der Waals surface area contributed by atoms with Gasteiger partial charge in [-0.3, -0.25) is 4.79 Å². The van der Waals surface area contributed by atoms with E-state index in [2.05, 4.69) is 15.3 Å². The smallest absolute Gasteiger partial charge is 0.226 e. The molecule has 1 aromatic rings. The van der Waals surface area contributed by atoms with Crippen molar-refractivity contribution in [3.8, 4) is 6.07 Å². The summed E-state index contributed by atoms with van der Waals surface area (Å²) in [6, 6.07) is 2.42. The molecule has 6 heteroatoms. The molecule has 0 spiro atoms. The van der Waals surface area contributed by atoms with E-state index < -0.39 is 0 Å². The first kappa shape index (κ1) is 11.0. The third kappa shape index (κ3) is 1.99. The summed E-state index contributed by atoms with van der Waals surface area (Å²) in [5.41, 5.74) is 0.318. The van der Waals surface area contributed by atoms with Crippen molar-refractivity contribution in [1.82, 2.24) is 15.3 Å². The highest BCUT2D eigenvalue weighted by molar-refractivity contribution is 5.82. The van der Waals surface area contributed by atoms with Crippen LogP contribution in [0.25, 0.3) is 0 Å². The van der Waals surface area contributed by atoms with E-state index in [0.717, 1.165) is 12.8 Å². The second kappa shape index (κ2) is 4.26. The molecule has 92 valence electrons. The van der Waals surface area contributed by atoms with Crippen LogP contribution in [0, 0.1) is 17.2 Å². The largest absolute Gasteiger partial charge is 0.353 e. The van der Waals surface area contributed by atoms with Crippen molar-refractivity contribution in [2.75, 3.05) is 18.0 Å². The van der Waals surface area contributed by atoms with Crippen LogP contribution in [0.1, 0.15) is 18.5 Å². The Bertz CT molecular complexity index is 513. The molecule has 2 aliphatic rings. The summed E-state index contributed by atoms with van der Waals surface area (Å²) in [5, 5.41) is 11.9. The van der Waals surface area contributed by atoms with Gasteiger partial charge in [0.25, 0.3) is 0 Å². The molecule has 0 radical (unpaired) electrons. The summed E-state index contributed by atoms with van der Waals surface area (Å²) >= 11 is 0. The fourth-order valence-corrected chi connectivity index (χ4v) is 2.01. The quantitative estimate of drug-likeness (QED) is 0.812. The van der Waals surface area contributed by atoms with Gasteiger partial charge < -0.3 is 10.2 Å². The Labute approximate surface area is 105 Å². The number of amides is 1. The number of anilines is 1. The number of hydrogen-bond acceptors (Lipinski definition) is 5. The van der Waals surface area contributed by atoms with Crippen LogP contribution < -0.4 is 10.2 Å². The molecule has 1 amide bonds. The number of nitriles is 1. The van der Waals surface area contributed by atoms with Crippen LogP contribution in [0.2, 0.25) is 0 Å². The topological polar surface area (TPSA) is 81.9 Å². The number of hydrogen-bond donors (Lipinski definition) is 1. The minimum Gasteiger partial charge on any atom is -0.353 e. The molecule has 6 nitrogen and oxygen atoms in total. The van der Waals surface area contributed by atoms with E-state index >= 15 is 0 Å². The molecule has 18 heavy (non-hydrogen) atoms. The maximum absolute atomic E-state index is 11.8. The van der Waals surface area contributed by atoms with Crippen LogP contribution >= 0.6 is 0 Å². The van der Waals surface area contributed by atoms with E-state index in [1.54, 1.807) is 6.20 Å². The number of nitrogens with one attached hydrogen (secondary N) is 1. The third-order valence-electron chi connectivity index (χ3n) is 3.26. The van der Waals surface area contributed by atoms with Crippen LogP contribution in [-0.2, 0) is 4.79 Å². The molecule has 1 aromatic heterocycles.